The van der Waals surface area contributed by atoms with Gasteiger partial charge in [-0.25, -0.2) is 9.59 Å². The molecule has 1 aromatic carbocycles. The van der Waals surface area contributed by atoms with Crippen LogP contribution < -0.4 is 16.0 Å². The highest BCUT2D eigenvalue weighted by atomic mass is 16.5. The fraction of sp³-hybridized carbons (Fsp3) is 0.200. The number of carbonyl (C=O) groups is 1. The molecule has 0 bridgehead atoms. The summed E-state index contributed by atoms with van der Waals surface area (Å²) in [5.74, 6) is -1.06. The second-order valence-electron chi connectivity index (χ2n) is 5.23. The number of rotatable bonds is 3. The molecule has 0 spiro atoms. The molecule has 24 heavy (non-hydrogen) atoms. The molecule has 0 aliphatic rings. The van der Waals surface area contributed by atoms with Crippen LogP contribution in [0.1, 0.15) is 10.4 Å². The van der Waals surface area contributed by atoms with Gasteiger partial charge < -0.3 is 9.84 Å². The Morgan fingerprint density at radius 2 is 1.75 bits per heavy atom. The first-order valence-electron chi connectivity index (χ1n) is 6.95. The number of nitrogens with zero attached hydrogens (tertiary/aromatic N) is 4. The maximum Gasteiger partial charge on any atom is 0.339 e. The van der Waals surface area contributed by atoms with Crippen molar-refractivity contribution in [3.63, 3.8) is 0 Å². The molecule has 0 atom stereocenters. The predicted octanol–water partition coefficient (Wildman–Crippen LogP) is 0.461. The highest BCUT2D eigenvalue weighted by Crippen LogP contribution is 2.26. The summed E-state index contributed by atoms with van der Waals surface area (Å²) < 4.78 is 9.24. The molecule has 2 heterocycles. The first-order chi connectivity index (χ1) is 11.3. The van der Waals surface area contributed by atoms with E-state index >= 15 is 0 Å². The van der Waals surface area contributed by atoms with E-state index in [0.717, 1.165) is 4.57 Å². The van der Waals surface area contributed by atoms with Crippen molar-refractivity contribution in [1.82, 2.24) is 18.7 Å². The molecule has 1 N–H and O–H groups in total. The predicted molar refractivity (Wildman–Crippen MR) is 84.7 cm³/mol. The van der Waals surface area contributed by atoms with E-state index in [2.05, 4.69) is 4.98 Å². The van der Waals surface area contributed by atoms with Crippen molar-refractivity contribution < 1.29 is 14.6 Å². The molecule has 0 fully saturated rings. The highest BCUT2D eigenvalue weighted by molar-refractivity contribution is 5.90. The number of para-hydroxylation sites is 1. The number of aromatic carboxylic acids is 1. The summed E-state index contributed by atoms with van der Waals surface area (Å²) in [6, 6.07) is 6.09. The molecule has 0 saturated heterocycles. The summed E-state index contributed by atoms with van der Waals surface area (Å²) in [7, 11) is 4.45. The van der Waals surface area contributed by atoms with Gasteiger partial charge >= 0.3 is 17.7 Å². The molecule has 0 aliphatic carbocycles. The van der Waals surface area contributed by atoms with Crippen LogP contribution in [0.3, 0.4) is 0 Å². The molecule has 3 aromatic rings. The Labute approximate surface area is 135 Å². The standard InChI is InChI=1S/C15H14N4O5/c1-17-11-10(12(20)19(3)15(23)18(11)2)16-14(17)24-9-7-5-4-6-8(9)13(21)22/h4-7H,1-3H3,(H,21,22). The summed E-state index contributed by atoms with van der Waals surface area (Å²) in [5, 5.41) is 9.21. The quantitative estimate of drug-likeness (QED) is 0.747. The van der Waals surface area contributed by atoms with E-state index in [4.69, 9.17) is 4.74 Å². The van der Waals surface area contributed by atoms with Crippen molar-refractivity contribution in [1.29, 1.82) is 0 Å². The largest absolute Gasteiger partial charge is 0.478 e. The minimum atomic E-state index is -1.15. The smallest absolute Gasteiger partial charge is 0.339 e. The molecule has 9 heteroatoms. The van der Waals surface area contributed by atoms with E-state index in [1.54, 1.807) is 19.2 Å². The van der Waals surface area contributed by atoms with Crippen LogP contribution in [0.5, 0.6) is 11.8 Å². The van der Waals surface area contributed by atoms with Crippen LogP contribution in [0.15, 0.2) is 33.9 Å². The summed E-state index contributed by atoms with van der Waals surface area (Å²) in [5.41, 5.74) is -0.736. The SMILES string of the molecule is Cn1c(=O)c2nc(Oc3ccccc3C(=O)O)n(C)c2n(C)c1=O. The van der Waals surface area contributed by atoms with Crippen molar-refractivity contribution in [3.8, 4) is 11.8 Å². The van der Waals surface area contributed by atoms with Crippen molar-refractivity contribution in [2.24, 2.45) is 21.1 Å². The van der Waals surface area contributed by atoms with Gasteiger partial charge in [-0.3, -0.25) is 18.5 Å². The first-order valence-corrected chi connectivity index (χ1v) is 6.95. The molecular weight excluding hydrogens is 316 g/mol. The number of fused-ring (bicyclic) bond motifs is 1. The Bertz CT molecular complexity index is 1090. The highest BCUT2D eigenvalue weighted by Gasteiger charge is 2.19. The lowest BCUT2D eigenvalue weighted by Gasteiger charge is -2.08. The van der Waals surface area contributed by atoms with E-state index in [-0.39, 0.29) is 28.5 Å². The van der Waals surface area contributed by atoms with Gasteiger partial charge in [0.15, 0.2) is 11.2 Å². The van der Waals surface area contributed by atoms with Crippen molar-refractivity contribution in [3.05, 3.63) is 50.7 Å². The average Bonchev–Trinajstić information content (AvgIpc) is 2.88. The third kappa shape index (κ3) is 2.18. The van der Waals surface area contributed by atoms with Crippen molar-refractivity contribution in [2.45, 2.75) is 0 Å². The fourth-order valence-electron chi connectivity index (χ4n) is 2.48. The molecule has 0 saturated carbocycles. The third-order valence-corrected chi connectivity index (χ3v) is 3.74. The summed E-state index contributed by atoms with van der Waals surface area (Å²) in [4.78, 5) is 39.6. The van der Waals surface area contributed by atoms with Crippen LogP contribution >= 0.6 is 0 Å². The molecule has 124 valence electrons. The minimum Gasteiger partial charge on any atom is -0.478 e. The average molecular weight is 330 g/mol. The summed E-state index contributed by atoms with van der Waals surface area (Å²) in [6.07, 6.45) is 0. The van der Waals surface area contributed by atoms with E-state index in [9.17, 15) is 19.5 Å². The third-order valence-electron chi connectivity index (χ3n) is 3.74. The van der Waals surface area contributed by atoms with Gasteiger partial charge in [0.05, 0.1) is 0 Å². The number of hydrogen-bond acceptors (Lipinski definition) is 5. The number of aromatic nitrogens is 4. The Kier molecular flexibility index (Phi) is 3.48. The first kappa shape index (κ1) is 15.5. The molecule has 0 aliphatic heterocycles. The van der Waals surface area contributed by atoms with Gasteiger partial charge in [0, 0.05) is 21.1 Å². The second-order valence-corrected chi connectivity index (χ2v) is 5.23. The van der Waals surface area contributed by atoms with Crippen LogP contribution in [0.25, 0.3) is 11.2 Å². The van der Waals surface area contributed by atoms with Crippen LogP contribution in [-0.4, -0.2) is 29.8 Å². The van der Waals surface area contributed by atoms with Gasteiger partial charge in [-0.2, -0.15) is 4.98 Å². The molecular formula is C15H14N4O5. The lowest BCUT2D eigenvalue weighted by atomic mass is 10.2. The number of hydrogen-bond donors (Lipinski definition) is 1. The van der Waals surface area contributed by atoms with Gasteiger partial charge in [-0.15, -0.1) is 0 Å². The van der Waals surface area contributed by atoms with Gasteiger partial charge in [-0.05, 0) is 12.1 Å². The summed E-state index contributed by atoms with van der Waals surface area (Å²) >= 11 is 0. The molecule has 0 amide bonds. The number of benzene rings is 1. The molecule has 0 unspecified atom stereocenters. The Morgan fingerprint density at radius 1 is 1.08 bits per heavy atom. The molecule has 0 radical (unpaired) electrons. The van der Waals surface area contributed by atoms with E-state index in [1.165, 1.54) is 35.4 Å². The lowest BCUT2D eigenvalue weighted by molar-refractivity contribution is 0.0694. The Hall–Kier alpha value is -3.36. The summed E-state index contributed by atoms with van der Waals surface area (Å²) in [6.45, 7) is 0. The van der Waals surface area contributed by atoms with Gasteiger partial charge in [0.25, 0.3) is 5.56 Å². The zero-order chi connectivity index (χ0) is 17.6. The molecule has 3 rings (SSSR count). The Balaban J connectivity index is 2.23. The van der Waals surface area contributed by atoms with E-state index in [0.29, 0.717) is 0 Å². The topological polar surface area (TPSA) is 108 Å². The van der Waals surface area contributed by atoms with Gasteiger partial charge in [0.1, 0.15) is 11.3 Å². The molecule has 9 nitrogen and oxygen atoms in total. The van der Waals surface area contributed by atoms with Crippen LogP contribution in [0, 0.1) is 0 Å². The zero-order valence-electron chi connectivity index (χ0n) is 13.2. The van der Waals surface area contributed by atoms with Crippen LogP contribution in [0.4, 0.5) is 0 Å². The number of aryl methyl sites for hydroxylation is 2. The van der Waals surface area contributed by atoms with Crippen molar-refractivity contribution >= 4 is 17.1 Å². The monoisotopic (exact) mass is 330 g/mol. The maximum atomic E-state index is 12.2. The second kappa shape index (κ2) is 5.37. The maximum absolute atomic E-state index is 12.2. The number of carboxylic acids is 1. The normalized spacial score (nSPS) is 11.0. The van der Waals surface area contributed by atoms with E-state index < -0.39 is 17.2 Å². The van der Waals surface area contributed by atoms with Crippen molar-refractivity contribution in [2.75, 3.05) is 0 Å². The van der Waals surface area contributed by atoms with E-state index in [1.807, 2.05) is 0 Å². The minimum absolute atomic E-state index is 0.0111. The van der Waals surface area contributed by atoms with Crippen LogP contribution in [0.2, 0.25) is 0 Å². The van der Waals surface area contributed by atoms with Crippen LogP contribution in [-0.2, 0) is 21.1 Å². The number of ether oxygens (including phenoxy) is 1. The number of imidazole rings is 1. The zero-order valence-corrected chi connectivity index (χ0v) is 13.2. The molecule has 2 aromatic heterocycles. The van der Waals surface area contributed by atoms with Gasteiger partial charge in [0.2, 0.25) is 0 Å². The van der Waals surface area contributed by atoms with Gasteiger partial charge in [-0.1, -0.05) is 12.1 Å². The lowest BCUT2D eigenvalue weighted by Crippen LogP contribution is -2.37. The fourth-order valence-corrected chi connectivity index (χ4v) is 2.48. The number of carboxylic acid groups (broad SMARTS) is 1. The Morgan fingerprint density at radius 3 is 2.42 bits per heavy atom.